The molecule has 37 heavy (non-hydrogen) atoms. The van der Waals surface area contributed by atoms with Crippen LogP contribution in [0.2, 0.25) is 0 Å². The Morgan fingerprint density at radius 3 is 2.05 bits per heavy atom. The van der Waals surface area contributed by atoms with Gasteiger partial charge < -0.3 is 18.8 Å². The summed E-state index contributed by atoms with van der Waals surface area (Å²) in [5.41, 5.74) is 4.57. The van der Waals surface area contributed by atoms with E-state index in [-0.39, 0.29) is 17.6 Å². The molecule has 0 radical (unpaired) electrons. The van der Waals surface area contributed by atoms with Gasteiger partial charge in [0.15, 0.2) is 6.79 Å². The van der Waals surface area contributed by atoms with Crippen LogP contribution in [0.5, 0.6) is 5.75 Å². The summed E-state index contributed by atoms with van der Waals surface area (Å²) in [6, 6.07) is 13.0. The lowest BCUT2D eigenvalue weighted by Gasteiger charge is -2.36. The van der Waals surface area contributed by atoms with Crippen LogP contribution in [0.3, 0.4) is 0 Å². The number of benzene rings is 2. The molecular formula is C32H47BO4. The molecular weight excluding hydrogens is 459 g/mol. The molecule has 1 aliphatic rings. The molecule has 2 aromatic carbocycles. The predicted octanol–water partition coefficient (Wildman–Crippen LogP) is 7.57. The molecule has 1 aliphatic heterocycles. The number of allylic oxidation sites excluding steroid dienone is 1. The maximum Gasteiger partial charge on any atom is 0.495 e. The first-order valence-electron chi connectivity index (χ1n) is 13.6. The summed E-state index contributed by atoms with van der Waals surface area (Å²) in [4.78, 5) is 0. The fraction of sp³-hybridized carbons (Fsp3) is 0.562. The van der Waals surface area contributed by atoms with Crippen molar-refractivity contribution in [2.75, 3.05) is 13.9 Å². The molecule has 0 bridgehead atoms. The van der Waals surface area contributed by atoms with Crippen molar-refractivity contribution < 1.29 is 18.8 Å². The van der Waals surface area contributed by atoms with Crippen LogP contribution >= 0.6 is 0 Å². The quantitative estimate of drug-likeness (QED) is 0.189. The van der Waals surface area contributed by atoms with Crippen LogP contribution < -0.4 is 10.2 Å². The topological polar surface area (TPSA) is 36.9 Å². The van der Waals surface area contributed by atoms with Gasteiger partial charge in [-0.2, -0.15) is 0 Å². The highest BCUT2D eigenvalue weighted by Crippen LogP contribution is 2.47. The molecule has 1 saturated heterocycles. The standard InChI is InChI=1S/C32H47BO4/c1-12-19-32(13-2,14-3)26-21-23(29(4,5)6)20-25(28(26)35-22-34-11)24-17-15-16-18-27(24)33-36-30(7,8)31(9,10)37-33/h12,15-18,20-21H,1,13-14,19,22H2,2-11H3. The highest BCUT2D eigenvalue weighted by Gasteiger charge is 2.52. The number of ether oxygens (including phenoxy) is 2. The van der Waals surface area contributed by atoms with Crippen LogP contribution in [0.25, 0.3) is 11.1 Å². The Hall–Kier alpha value is -2.08. The molecule has 3 rings (SSSR count). The van der Waals surface area contributed by atoms with Crippen molar-refractivity contribution in [1.82, 2.24) is 0 Å². The minimum absolute atomic E-state index is 0.0516. The van der Waals surface area contributed by atoms with Gasteiger partial charge >= 0.3 is 7.12 Å². The Morgan fingerprint density at radius 1 is 0.946 bits per heavy atom. The van der Waals surface area contributed by atoms with Crippen LogP contribution in [-0.2, 0) is 24.9 Å². The molecule has 0 N–H and O–H groups in total. The third-order valence-corrected chi connectivity index (χ3v) is 8.49. The lowest BCUT2D eigenvalue weighted by atomic mass is 9.69. The third-order valence-electron chi connectivity index (χ3n) is 8.49. The lowest BCUT2D eigenvalue weighted by Crippen LogP contribution is -2.41. The van der Waals surface area contributed by atoms with Crippen LogP contribution in [0.15, 0.2) is 49.1 Å². The van der Waals surface area contributed by atoms with Gasteiger partial charge in [-0.15, -0.1) is 6.58 Å². The second kappa shape index (κ2) is 11.0. The van der Waals surface area contributed by atoms with Crippen LogP contribution in [0.1, 0.15) is 92.7 Å². The molecule has 0 unspecified atom stereocenters. The predicted molar refractivity (Wildman–Crippen MR) is 156 cm³/mol. The highest BCUT2D eigenvalue weighted by atomic mass is 16.7. The van der Waals surface area contributed by atoms with Gasteiger partial charge in [0.1, 0.15) is 5.75 Å². The van der Waals surface area contributed by atoms with E-state index in [4.69, 9.17) is 18.8 Å². The van der Waals surface area contributed by atoms with E-state index in [0.717, 1.165) is 41.6 Å². The minimum atomic E-state index is -0.478. The molecule has 5 heteroatoms. The summed E-state index contributed by atoms with van der Waals surface area (Å²) < 4.78 is 24.9. The molecule has 202 valence electrons. The van der Waals surface area contributed by atoms with Gasteiger partial charge in [-0.25, -0.2) is 0 Å². The van der Waals surface area contributed by atoms with E-state index < -0.39 is 18.3 Å². The zero-order valence-corrected chi connectivity index (χ0v) is 24.8. The Bertz CT molecular complexity index is 1080. The average molecular weight is 507 g/mol. The molecule has 0 spiro atoms. The van der Waals surface area contributed by atoms with Crippen molar-refractivity contribution in [2.24, 2.45) is 0 Å². The zero-order chi connectivity index (χ0) is 27.6. The van der Waals surface area contributed by atoms with E-state index in [1.54, 1.807) is 7.11 Å². The smallest absolute Gasteiger partial charge is 0.467 e. The second-order valence-corrected chi connectivity index (χ2v) is 12.4. The normalized spacial score (nSPS) is 17.2. The van der Waals surface area contributed by atoms with Gasteiger partial charge in [-0.05, 0) is 75.0 Å². The summed E-state index contributed by atoms with van der Waals surface area (Å²) in [7, 11) is 1.19. The summed E-state index contributed by atoms with van der Waals surface area (Å²) >= 11 is 0. The SMILES string of the molecule is C=CCC(CC)(CC)c1cc(C(C)(C)C)cc(-c2ccccc2B2OC(C)(C)C(C)(C)O2)c1OCOC. The molecule has 0 atom stereocenters. The first-order chi connectivity index (χ1) is 17.3. The second-order valence-electron chi connectivity index (χ2n) is 12.4. The molecule has 0 saturated carbocycles. The largest absolute Gasteiger partial charge is 0.495 e. The van der Waals surface area contributed by atoms with Gasteiger partial charge in [-0.1, -0.05) is 71.0 Å². The van der Waals surface area contributed by atoms with Crippen molar-refractivity contribution in [1.29, 1.82) is 0 Å². The van der Waals surface area contributed by atoms with Crippen molar-refractivity contribution in [3.8, 4) is 16.9 Å². The lowest BCUT2D eigenvalue weighted by molar-refractivity contribution is 0.00578. The fourth-order valence-corrected chi connectivity index (χ4v) is 5.15. The molecule has 0 aromatic heterocycles. The maximum atomic E-state index is 6.51. The fourth-order valence-electron chi connectivity index (χ4n) is 5.15. The number of rotatable bonds is 10. The first-order valence-corrected chi connectivity index (χ1v) is 13.6. The highest BCUT2D eigenvalue weighted by molar-refractivity contribution is 6.64. The minimum Gasteiger partial charge on any atom is -0.467 e. The summed E-state index contributed by atoms with van der Waals surface area (Å²) in [5, 5.41) is 0. The third kappa shape index (κ3) is 5.69. The van der Waals surface area contributed by atoms with Gasteiger partial charge in [-0.3, -0.25) is 0 Å². The van der Waals surface area contributed by atoms with Crippen molar-refractivity contribution in [3.63, 3.8) is 0 Å². The van der Waals surface area contributed by atoms with Gasteiger partial charge in [0, 0.05) is 23.7 Å². The first kappa shape index (κ1) is 29.5. The van der Waals surface area contributed by atoms with E-state index in [0.29, 0.717) is 0 Å². The summed E-state index contributed by atoms with van der Waals surface area (Å²) in [5.74, 6) is 0.865. The molecule has 0 amide bonds. The van der Waals surface area contributed by atoms with E-state index in [1.807, 2.05) is 12.1 Å². The Balaban J connectivity index is 2.37. The van der Waals surface area contributed by atoms with Gasteiger partial charge in [0.25, 0.3) is 0 Å². The van der Waals surface area contributed by atoms with Crippen molar-refractivity contribution >= 4 is 12.6 Å². The Morgan fingerprint density at radius 2 is 1.54 bits per heavy atom. The zero-order valence-electron chi connectivity index (χ0n) is 24.8. The van der Waals surface area contributed by atoms with Crippen LogP contribution in [0, 0.1) is 0 Å². The van der Waals surface area contributed by atoms with Crippen molar-refractivity contribution in [2.45, 2.75) is 104 Å². The van der Waals surface area contributed by atoms with E-state index in [2.05, 4.69) is 99.2 Å². The molecule has 4 nitrogen and oxygen atoms in total. The van der Waals surface area contributed by atoms with Gasteiger partial charge in [0.05, 0.1) is 11.2 Å². The molecule has 0 aliphatic carbocycles. The average Bonchev–Trinajstić information content (AvgIpc) is 3.06. The molecule has 2 aromatic rings. The number of methoxy groups -OCH3 is 1. The summed E-state index contributed by atoms with van der Waals surface area (Å²) in [6.45, 7) is 23.9. The van der Waals surface area contributed by atoms with E-state index >= 15 is 0 Å². The monoisotopic (exact) mass is 506 g/mol. The maximum absolute atomic E-state index is 6.51. The molecule has 1 fully saturated rings. The van der Waals surface area contributed by atoms with E-state index in [9.17, 15) is 0 Å². The Labute approximate surface area is 225 Å². The molecule has 1 heterocycles. The Kier molecular flexibility index (Phi) is 8.73. The van der Waals surface area contributed by atoms with Gasteiger partial charge in [0.2, 0.25) is 0 Å². The van der Waals surface area contributed by atoms with Crippen LogP contribution in [0.4, 0.5) is 0 Å². The number of hydrogen-bond donors (Lipinski definition) is 0. The van der Waals surface area contributed by atoms with Crippen LogP contribution in [-0.4, -0.2) is 32.2 Å². The summed E-state index contributed by atoms with van der Waals surface area (Å²) in [6.07, 6.45) is 4.86. The van der Waals surface area contributed by atoms with Crippen molar-refractivity contribution in [3.05, 3.63) is 60.2 Å². The number of hydrogen-bond acceptors (Lipinski definition) is 4. The van der Waals surface area contributed by atoms with E-state index in [1.165, 1.54) is 11.1 Å².